The molecule has 16 heavy (non-hydrogen) atoms. The van der Waals surface area contributed by atoms with Crippen LogP contribution in [0, 0.1) is 5.41 Å². The number of halogens is 3. The van der Waals surface area contributed by atoms with Gasteiger partial charge < -0.3 is 0 Å². The van der Waals surface area contributed by atoms with Crippen LogP contribution in [0.15, 0.2) is 0 Å². The Labute approximate surface area is 119 Å². The van der Waals surface area contributed by atoms with E-state index in [-0.39, 0.29) is 5.41 Å². The van der Waals surface area contributed by atoms with Crippen LogP contribution < -0.4 is 0 Å². The highest BCUT2D eigenvalue weighted by atomic mass is 79.9. The second kappa shape index (κ2) is 5.87. The Hall–Kier alpha value is 0.460. The summed E-state index contributed by atoms with van der Waals surface area (Å²) in [6, 6.07) is 0. The molecule has 5 heteroatoms. The van der Waals surface area contributed by atoms with Gasteiger partial charge in [0.1, 0.15) is 0 Å². The molecule has 0 aliphatic rings. The van der Waals surface area contributed by atoms with Crippen molar-refractivity contribution >= 4 is 43.5 Å². The lowest BCUT2D eigenvalue weighted by molar-refractivity contribution is 0.423. The Morgan fingerprint density at radius 1 is 1.38 bits per heavy atom. The summed E-state index contributed by atoms with van der Waals surface area (Å²) < 4.78 is 1.91. The summed E-state index contributed by atoms with van der Waals surface area (Å²) in [7, 11) is 1.96. The zero-order valence-corrected chi connectivity index (χ0v) is 13.8. The number of hydrogen-bond donors (Lipinski definition) is 0. The van der Waals surface area contributed by atoms with Gasteiger partial charge in [-0.1, -0.05) is 57.3 Å². The van der Waals surface area contributed by atoms with E-state index in [2.05, 4.69) is 50.8 Å². The van der Waals surface area contributed by atoms with Crippen molar-refractivity contribution in [2.75, 3.05) is 10.7 Å². The maximum absolute atomic E-state index is 6.34. The first kappa shape index (κ1) is 14.5. The van der Waals surface area contributed by atoms with Gasteiger partial charge in [0.25, 0.3) is 0 Å². The molecule has 92 valence electrons. The van der Waals surface area contributed by atoms with Crippen LogP contribution in [0.1, 0.15) is 25.2 Å². The SMILES string of the molecule is CCc1nn(C)c(CC(C)(CBr)CBr)c1Cl. The molecule has 2 nitrogen and oxygen atoms in total. The predicted molar refractivity (Wildman–Crippen MR) is 77.0 cm³/mol. The summed E-state index contributed by atoms with van der Waals surface area (Å²) in [6.45, 7) is 4.30. The van der Waals surface area contributed by atoms with Gasteiger partial charge in [-0.05, 0) is 18.3 Å². The van der Waals surface area contributed by atoms with Crippen molar-refractivity contribution in [2.24, 2.45) is 12.5 Å². The fourth-order valence-electron chi connectivity index (χ4n) is 1.55. The molecule has 0 saturated heterocycles. The number of alkyl halides is 2. The van der Waals surface area contributed by atoms with Crippen molar-refractivity contribution in [1.82, 2.24) is 9.78 Å². The molecule has 0 aliphatic heterocycles. The Morgan fingerprint density at radius 3 is 2.31 bits per heavy atom. The van der Waals surface area contributed by atoms with E-state index in [1.165, 1.54) is 0 Å². The lowest BCUT2D eigenvalue weighted by atomic mass is 9.90. The molecule has 0 spiro atoms. The predicted octanol–water partition coefficient (Wildman–Crippen LogP) is 3.97. The summed E-state index contributed by atoms with van der Waals surface area (Å²) in [5, 5.41) is 7.14. The third kappa shape index (κ3) is 3.02. The van der Waals surface area contributed by atoms with Crippen LogP contribution >= 0.6 is 43.5 Å². The highest BCUT2D eigenvalue weighted by Gasteiger charge is 2.26. The lowest BCUT2D eigenvalue weighted by Crippen LogP contribution is -2.24. The highest BCUT2D eigenvalue weighted by Crippen LogP contribution is 2.31. The first-order valence-electron chi connectivity index (χ1n) is 5.29. The van der Waals surface area contributed by atoms with E-state index in [1.54, 1.807) is 0 Å². The van der Waals surface area contributed by atoms with E-state index in [9.17, 15) is 0 Å². The Kier molecular flexibility index (Phi) is 5.33. The average Bonchev–Trinajstić information content (AvgIpc) is 2.56. The first-order chi connectivity index (χ1) is 7.47. The number of nitrogens with zero attached hydrogens (tertiary/aromatic N) is 2. The third-order valence-electron chi connectivity index (χ3n) is 2.74. The van der Waals surface area contributed by atoms with Crippen molar-refractivity contribution < 1.29 is 0 Å². The molecule has 1 aromatic rings. The van der Waals surface area contributed by atoms with Crippen molar-refractivity contribution in [2.45, 2.75) is 26.7 Å². The van der Waals surface area contributed by atoms with Gasteiger partial charge in [-0.3, -0.25) is 4.68 Å². The summed E-state index contributed by atoms with van der Waals surface area (Å²) in [6.07, 6.45) is 1.80. The molecule has 0 aromatic carbocycles. The largest absolute Gasteiger partial charge is 0.271 e. The third-order valence-corrected chi connectivity index (χ3v) is 5.89. The van der Waals surface area contributed by atoms with Gasteiger partial charge in [-0.15, -0.1) is 0 Å². The number of hydrogen-bond acceptors (Lipinski definition) is 1. The molecule has 0 aliphatic carbocycles. The van der Waals surface area contributed by atoms with E-state index < -0.39 is 0 Å². The van der Waals surface area contributed by atoms with Crippen molar-refractivity contribution in [3.05, 3.63) is 16.4 Å². The molecule has 0 unspecified atom stereocenters. The van der Waals surface area contributed by atoms with Crippen LogP contribution in [-0.2, 0) is 19.9 Å². The van der Waals surface area contributed by atoms with Crippen LogP contribution in [-0.4, -0.2) is 20.4 Å². The zero-order chi connectivity index (χ0) is 12.3. The van der Waals surface area contributed by atoms with Crippen molar-refractivity contribution in [3.8, 4) is 0 Å². The summed E-state index contributed by atoms with van der Waals surface area (Å²) in [4.78, 5) is 0. The van der Waals surface area contributed by atoms with Crippen LogP contribution in [0.5, 0.6) is 0 Å². The summed E-state index contributed by atoms with van der Waals surface area (Å²) in [5.74, 6) is 0. The van der Waals surface area contributed by atoms with Gasteiger partial charge in [-0.2, -0.15) is 5.10 Å². The van der Waals surface area contributed by atoms with E-state index in [0.717, 1.165) is 39.9 Å². The highest BCUT2D eigenvalue weighted by molar-refractivity contribution is 9.09. The number of rotatable bonds is 5. The molecule has 0 amide bonds. The second-order valence-corrected chi connectivity index (χ2v) is 5.94. The van der Waals surface area contributed by atoms with E-state index in [1.807, 2.05) is 11.7 Å². The van der Waals surface area contributed by atoms with E-state index in [4.69, 9.17) is 11.6 Å². The second-order valence-electron chi connectivity index (χ2n) is 4.44. The number of aryl methyl sites for hydroxylation is 2. The first-order valence-corrected chi connectivity index (χ1v) is 7.91. The van der Waals surface area contributed by atoms with Crippen molar-refractivity contribution in [3.63, 3.8) is 0 Å². The molecular formula is C11H17Br2ClN2. The minimum absolute atomic E-state index is 0.169. The summed E-state index contributed by atoms with van der Waals surface area (Å²) in [5.41, 5.74) is 2.29. The van der Waals surface area contributed by atoms with E-state index in [0.29, 0.717) is 0 Å². The molecule has 1 aromatic heterocycles. The van der Waals surface area contributed by atoms with Crippen LogP contribution in [0.2, 0.25) is 5.02 Å². The van der Waals surface area contributed by atoms with Gasteiger partial charge >= 0.3 is 0 Å². The maximum atomic E-state index is 6.34. The minimum Gasteiger partial charge on any atom is -0.271 e. The molecule has 0 atom stereocenters. The molecule has 0 bridgehead atoms. The fourth-order valence-corrected chi connectivity index (χ4v) is 3.23. The van der Waals surface area contributed by atoms with Gasteiger partial charge in [-0.25, -0.2) is 0 Å². The maximum Gasteiger partial charge on any atom is 0.0849 e. The Bertz CT molecular complexity index is 359. The molecule has 1 heterocycles. The Morgan fingerprint density at radius 2 is 1.94 bits per heavy atom. The van der Waals surface area contributed by atoms with Crippen molar-refractivity contribution in [1.29, 1.82) is 0 Å². The standard InChI is InChI=1S/C11H17Br2ClN2/c1-4-8-10(14)9(16(3)15-8)5-11(2,6-12)7-13/h4-7H2,1-3H3. The molecule has 0 saturated carbocycles. The van der Waals surface area contributed by atoms with Crippen LogP contribution in [0.4, 0.5) is 0 Å². The fraction of sp³-hybridized carbons (Fsp3) is 0.727. The lowest BCUT2D eigenvalue weighted by Gasteiger charge is -2.24. The monoisotopic (exact) mass is 370 g/mol. The zero-order valence-electron chi connectivity index (χ0n) is 9.86. The summed E-state index contributed by atoms with van der Waals surface area (Å²) >= 11 is 13.5. The van der Waals surface area contributed by atoms with Crippen LogP contribution in [0.3, 0.4) is 0 Å². The molecule has 1 rings (SSSR count). The Balaban J connectivity index is 3.01. The topological polar surface area (TPSA) is 17.8 Å². The molecule has 0 radical (unpaired) electrons. The number of aromatic nitrogens is 2. The van der Waals surface area contributed by atoms with Crippen LogP contribution in [0.25, 0.3) is 0 Å². The van der Waals surface area contributed by atoms with Gasteiger partial charge in [0, 0.05) is 17.7 Å². The normalized spacial score (nSPS) is 12.1. The smallest absolute Gasteiger partial charge is 0.0849 e. The van der Waals surface area contributed by atoms with Gasteiger partial charge in [0.05, 0.1) is 16.4 Å². The molecule has 0 N–H and O–H groups in total. The quantitative estimate of drug-likeness (QED) is 0.715. The van der Waals surface area contributed by atoms with E-state index >= 15 is 0 Å². The molecule has 0 fully saturated rings. The molecular weight excluding hydrogens is 355 g/mol. The van der Waals surface area contributed by atoms with Gasteiger partial charge in [0.15, 0.2) is 0 Å². The average molecular weight is 373 g/mol. The minimum atomic E-state index is 0.169. The van der Waals surface area contributed by atoms with Gasteiger partial charge in [0.2, 0.25) is 0 Å².